The summed E-state index contributed by atoms with van der Waals surface area (Å²) in [7, 11) is -3.00. The van der Waals surface area contributed by atoms with E-state index >= 15 is 0 Å². The minimum Gasteiger partial charge on any atom is -0.404 e. The van der Waals surface area contributed by atoms with Gasteiger partial charge in [0, 0.05) is 13.0 Å². The molecule has 0 aliphatic rings. The molecule has 0 N–H and O–H groups in total. The first-order valence-electron chi connectivity index (χ1n) is 12.3. The molecule has 0 heterocycles. The fourth-order valence-electron chi connectivity index (χ4n) is 4.36. The first-order chi connectivity index (χ1) is 18.3. The largest absolute Gasteiger partial charge is 0.460 e. The molecule has 212 valence electrons. The lowest BCUT2D eigenvalue weighted by molar-refractivity contribution is -0.396. The molecule has 0 unspecified atom stereocenters. The highest BCUT2D eigenvalue weighted by Crippen LogP contribution is 2.54. The van der Waals surface area contributed by atoms with Crippen LogP contribution in [0, 0.1) is 0 Å². The van der Waals surface area contributed by atoms with Gasteiger partial charge in [-0.3, -0.25) is 0 Å². The van der Waals surface area contributed by atoms with Crippen LogP contribution in [0.5, 0.6) is 0 Å². The van der Waals surface area contributed by atoms with Gasteiger partial charge in [-0.25, -0.2) is 0 Å². The molecule has 3 aromatic carbocycles. The van der Waals surface area contributed by atoms with Gasteiger partial charge < -0.3 is 4.43 Å². The molecule has 0 saturated carbocycles. The average Bonchev–Trinajstić information content (AvgIpc) is 2.91. The van der Waals surface area contributed by atoms with Gasteiger partial charge in [-0.15, -0.1) is 0 Å². The summed E-state index contributed by atoms with van der Waals surface area (Å²) in [6.07, 6.45) is -8.78. The molecule has 0 bridgehead atoms. The zero-order valence-corrected chi connectivity index (χ0v) is 21.7. The van der Waals surface area contributed by atoms with Crippen LogP contribution in [-0.2, 0) is 4.43 Å². The number of rotatable bonds is 13. The lowest BCUT2D eigenvalue weighted by Crippen LogP contribution is -2.69. The average molecular weight is 579 g/mol. The Kier molecular flexibility index (Phi) is 9.59. The van der Waals surface area contributed by atoms with Gasteiger partial charge in [0.15, 0.2) is 0 Å². The van der Waals surface area contributed by atoms with Crippen LogP contribution in [0.15, 0.2) is 91.0 Å². The Hall–Kier alpha value is -2.79. The first-order valence-corrected chi connectivity index (χ1v) is 14.2. The van der Waals surface area contributed by atoms with E-state index in [1.807, 2.05) is 91.0 Å². The van der Waals surface area contributed by atoms with Gasteiger partial charge in [0.25, 0.3) is 8.32 Å². The van der Waals surface area contributed by atoms with E-state index in [1.165, 1.54) is 0 Å². The minimum absolute atomic E-state index is 0.0802. The molecule has 3 aromatic rings. The number of unbranched alkanes of at least 4 members (excludes halogenated alkanes) is 3. The van der Waals surface area contributed by atoms with Gasteiger partial charge in [-0.05, 0) is 28.4 Å². The van der Waals surface area contributed by atoms with Crippen LogP contribution in [0.3, 0.4) is 0 Å². The number of alkyl halides is 9. The maximum atomic E-state index is 13.8. The number of benzene rings is 3. The molecule has 11 heteroatoms. The Bertz CT molecular complexity index is 1060. The van der Waals surface area contributed by atoms with E-state index < -0.39 is 45.1 Å². The Balaban J connectivity index is 1.67. The van der Waals surface area contributed by atoms with Crippen LogP contribution in [0.2, 0.25) is 0 Å². The molecular formula is C28H27F9OSi. The van der Waals surface area contributed by atoms with Crippen molar-refractivity contribution < 1.29 is 43.9 Å². The second kappa shape index (κ2) is 12.2. The Labute approximate surface area is 221 Å². The van der Waals surface area contributed by atoms with Crippen molar-refractivity contribution in [3.63, 3.8) is 0 Å². The molecule has 0 radical (unpaired) electrons. The molecule has 39 heavy (non-hydrogen) atoms. The van der Waals surface area contributed by atoms with Crippen molar-refractivity contribution in [1.29, 1.82) is 0 Å². The van der Waals surface area contributed by atoms with Gasteiger partial charge in [-0.1, -0.05) is 104 Å². The van der Waals surface area contributed by atoms with Crippen LogP contribution >= 0.6 is 0 Å². The second-order valence-corrected chi connectivity index (χ2v) is 12.5. The highest BCUT2D eigenvalue weighted by molar-refractivity contribution is 7.07. The maximum Gasteiger partial charge on any atom is 0.460 e. The van der Waals surface area contributed by atoms with Gasteiger partial charge in [0.2, 0.25) is 0 Å². The second-order valence-electron chi connectivity index (χ2n) is 9.14. The van der Waals surface area contributed by atoms with Crippen LogP contribution < -0.4 is 15.6 Å². The fourth-order valence-corrected chi connectivity index (χ4v) is 8.30. The zero-order chi connectivity index (χ0) is 28.8. The third-order valence-electron chi connectivity index (χ3n) is 6.45. The van der Waals surface area contributed by atoms with Crippen LogP contribution in [-0.4, -0.2) is 38.9 Å². The number of hydrogen-bond acceptors (Lipinski definition) is 1. The van der Waals surface area contributed by atoms with Crippen molar-refractivity contribution in [3.8, 4) is 0 Å². The molecule has 0 saturated heterocycles. The topological polar surface area (TPSA) is 9.23 Å². The van der Waals surface area contributed by atoms with Crippen molar-refractivity contribution in [1.82, 2.24) is 0 Å². The van der Waals surface area contributed by atoms with Crippen LogP contribution in [0.4, 0.5) is 39.5 Å². The SMILES string of the molecule is FC(F)(F)C(F)(F)C(F)(F)C(F)(F)CCCCCCO[Si](c1ccccc1)(c1ccccc1)c1ccccc1. The molecule has 0 aromatic heterocycles. The smallest absolute Gasteiger partial charge is 0.404 e. The first kappa shape index (κ1) is 30.7. The van der Waals surface area contributed by atoms with E-state index in [0.29, 0.717) is 6.42 Å². The number of halogens is 9. The normalized spacial score (nSPS) is 13.5. The highest BCUT2D eigenvalue weighted by atomic mass is 28.4. The lowest BCUT2D eigenvalue weighted by atomic mass is 9.98. The standard InChI is InChI=1S/C28H27F9OSi/c29-25(30,26(31,32)27(33,34)28(35,36)37)20-12-1-2-13-21-38-39(22-14-6-3-7-15-22,23-16-8-4-9-17-23)24-18-10-5-11-19-24/h3-11,14-19H,1-2,12-13,20-21H2. The summed E-state index contributed by atoms with van der Waals surface area (Å²) >= 11 is 0. The molecule has 0 aliphatic carbocycles. The van der Waals surface area contributed by atoms with E-state index in [4.69, 9.17) is 4.43 Å². The van der Waals surface area contributed by atoms with Gasteiger partial charge in [0.1, 0.15) is 0 Å². The molecule has 0 atom stereocenters. The molecule has 0 spiro atoms. The van der Waals surface area contributed by atoms with Gasteiger partial charge >= 0.3 is 23.9 Å². The van der Waals surface area contributed by atoms with Gasteiger partial charge in [0.05, 0.1) is 0 Å². The Morgan fingerprint density at radius 3 is 1.26 bits per heavy atom. The van der Waals surface area contributed by atoms with Crippen molar-refractivity contribution in [3.05, 3.63) is 91.0 Å². The van der Waals surface area contributed by atoms with Crippen molar-refractivity contribution in [2.24, 2.45) is 0 Å². The summed E-state index contributed by atoms with van der Waals surface area (Å²) in [5.74, 6) is -18.9. The predicted octanol–water partition coefficient (Wildman–Crippen LogP) is 7.09. The maximum absolute atomic E-state index is 13.8. The van der Waals surface area contributed by atoms with Crippen molar-refractivity contribution in [2.45, 2.75) is 56.0 Å². The highest BCUT2D eigenvalue weighted by Gasteiger charge is 2.81. The van der Waals surface area contributed by atoms with E-state index in [2.05, 4.69) is 0 Å². The summed E-state index contributed by atoms with van der Waals surface area (Å²) < 4.78 is 124. The summed E-state index contributed by atoms with van der Waals surface area (Å²) in [5.41, 5.74) is 0. The zero-order valence-electron chi connectivity index (χ0n) is 20.7. The fraction of sp³-hybridized carbons (Fsp3) is 0.357. The van der Waals surface area contributed by atoms with Crippen molar-refractivity contribution >= 4 is 23.9 Å². The predicted molar refractivity (Wildman–Crippen MR) is 134 cm³/mol. The summed E-state index contributed by atoms with van der Waals surface area (Å²) in [4.78, 5) is 0. The van der Waals surface area contributed by atoms with Crippen molar-refractivity contribution in [2.75, 3.05) is 6.61 Å². The molecule has 0 aliphatic heterocycles. The van der Waals surface area contributed by atoms with Gasteiger partial charge in [-0.2, -0.15) is 39.5 Å². The van der Waals surface area contributed by atoms with E-state index in [0.717, 1.165) is 15.6 Å². The third kappa shape index (κ3) is 6.35. The quantitative estimate of drug-likeness (QED) is 0.0911. The summed E-state index contributed by atoms with van der Waals surface area (Å²) in [6.45, 7) is 0.184. The molecular weight excluding hydrogens is 551 g/mol. The lowest BCUT2D eigenvalue weighted by Gasteiger charge is -2.33. The molecule has 1 nitrogen and oxygen atoms in total. The van der Waals surface area contributed by atoms with E-state index in [1.54, 1.807) is 0 Å². The minimum atomic E-state index is -6.85. The Morgan fingerprint density at radius 1 is 0.487 bits per heavy atom. The monoisotopic (exact) mass is 578 g/mol. The van der Waals surface area contributed by atoms with Crippen LogP contribution in [0.25, 0.3) is 0 Å². The Morgan fingerprint density at radius 2 is 0.872 bits per heavy atom. The molecule has 3 rings (SSSR count). The van der Waals surface area contributed by atoms with E-state index in [9.17, 15) is 39.5 Å². The third-order valence-corrected chi connectivity index (χ3v) is 10.5. The van der Waals surface area contributed by atoms with E-state index in [-0.39, 0.29) is 19.4 Å². The molecule has 0 amide bonds. The summed E-state index contributed by atoms with van der Waals surface area (Å²) in [6, 6.07) is 28.8. The summed E-state index contributed by atoms with van der Waals surface area (Å²) in [5, 5.41) is 2.90. The van der Waals surface area contributed by atoms with Crippen LogP contribution in [0.1, 0.15) is 32.1 Å². The number of hydrogen-bond donors (Lipinski definition) is 0. The molecule has 0 fully saturated rings.